The molecule has 0 aliphatic carbocycles. The molecule has 6 aromatic carbocycles. The van der Waals surface area contributed by atoms with Crippen molar-refractivity contribution in [2.24, 2.45) is 0 Å². The molecule has 0 N–H and O–H groups in total. The summed E-state index contributed by atoms with van der Waals surface area (Å²) in [6, 6.07) is 46.7. The average Bonchev–Trinajstić information content (AvgIpc) is 3.66. The van der Waals surface area contributed by atoms with Crippen molar-refractivity contribution in [3.05, 3.63) is 127 Å². The van der Waals surface area contributed by atoms with Crippen molar-refractivity contribution in [3.63, 3.8) is 0 Å². The van der Waals surface area contributed by atoms with Crippen LogP contribution in [0.25, 0.3) is 79.0 Å². The van der Waals surface area contributed by atoms with Gasteiger partial charge in [-0.1, -0.05) is 91.0 Å². The Bertz CT molecular complexity index is 2350. The summed E-state index contributed by atoms with van der Waals surface area (Å²) in [7, 11) is 0. The van der Waals surface area contributed by atoms with Gasteiger partial charge in [-0.2, -0.15) is 0 Å². The molecular weight excluding hydrogens is 511 g/mol. The number of nitrogens with zero attached hydrogens (tertiary/aromatic N) is 1. The number of hydrogen-bond acceptors (Lipinski definition) is 2. The van der Waals surface area contributed by atoms with Gasteiger partial charge in [-0.3, -0.25) is 0 Å². The van der Waals surface area contributed by atoms with Crippen LogP contribution in [-0.4, -0.2) is 4.57 Å². The highest BCUT2D eigenvalue weighted by Crippen LogP contribution is 2.47. The lowest BCUT2D eigenvalue weighted by Crippen LogP contribution is -1.93. The van der Waals surface area contributed by atoms with Gasteiger partial charge >= 0.3 is 0 Å². The molecule has 0 fully saturated rings. The van der Waals surface area contributed by atoms with Crippen LogP contribution in [0.1, 0.15) is 0 Å². The fourth-order valence-corrected chi connectivity index (χ4v) is 8.78. The maximum atomic E-state index is 2.45. The topological polar surface area (TPSA) is 4.93 Å². The van der Waals surface area contributed by atoms with Crippen molar-refractivity contribution in [1.29, 1.82) is 0 Å². The first-order valence-electron chi connectivity index (χ1n) is 13.2. The van der Waals surface area contributed by atoms with Crippen molar-refractivity contribution in [2.75, 3.05) is 0 Å². The van der Waals surface area contributed by atoms with Crippen LogP contribution in [0.5, 0.6) is 0 Å². The van der Waals surface area contributed by atoms with Crippen LogP contribution >= 0.6 is 22.7 Å². The Morgan fingerprint density at radius 3 is 1.62 bits per heavy atom. The second-order valence-corrected chi connectivity index (χ2v) is 12.2. The molecule has 3 aromatic heterocycles. The minimum absolute atomic E-state index is 1.25. The van der Waals surface area contributed by atoms with Gasteiger partial charge in [0.25, 0.3) is 0 Å². The normalized spacial score (nSPS) is 12.1. The van der Waals surface area contributed by atoms with Gasteiger partial charge in [0.1, 0.15) is 0 Å². The molecule has 0 aliphatic heterocycles. The molecule has 0 radical (unpaired) electrons. The predicted octanol–water partition coefficient (Wildman–Crippen LogP) is 11.2. The average molecular weight is 532 g/mol. The SMILES string of the molecule is c1ccc2c(c1)sc1cccc(-c3cccc4sc5c(-n6c7ccccc7c7ccccc76)cccc5c34)c12. The Labute approximate surface area is 232 Å². The third-order valence-electron chi connectivity index (χ3n) is 8.02. The van der Waals surface area contributed by atoms with Crippen molar-refractivity contribution < 1.29 is 0 Å². The lowest BCUT2D eigenvalue weighted by Gasteiger charge is -2.10. The van der Waals surface area contributed by atoms with Crippen LogP contribution in [0.3, 0.4) is 0 Å². The van der Waals surface area contributed by atoms with Gasteiger partial charge in [-0.05, 0) is 47.5 Å². The number of aromatic nitrogens is 1. The molecular formula is C36H21NS2. The van der Waals surface area contributed by atoms with Crippen LogP contribution < -0.4 is 0 Å². The van der Waals surface area contributed by atoms with E-state index < -0.39 is 0 Å². The molecule has 1 nitrogen and oxygen atoms in total. The number of benzene rings is 6. The Balaban J connectivity index is 1.40. The van der Waals surface area contributed by atoms with Crippen molar-refractivity contribution in [3.8, 4) is 16.8 Å². The molecule has 182 valence electrons. The molecule has 0 bridgehead atoms. The van der Waals surface area contributed by atoms with Gasteiger partial charge in [-0.15, -0.1) is 22.7 Å². The Morgan fingerprint density at radius 1 is 0.385 bits per heavy atom. The summed E-state index contributed by atoms with van der Waals surface area (Å²) in [6.45, 7) is 0. The first kappa shape index (κ1) is 21.5. The maximum absolute atomic E-state index is 2.45. The van der Waals surface area contributed by atoms with E-state index in [2.05, 4.69) is 132 Å². The van der Waals surface area contributed by atoms with E-state index in [9.17, 15) is 0 Å². The summed E-state index contributed by atoms with van der Waals surface area (Å²) in [5.74, 6) is 0. The smallest absolute Gasteiger partial charge is 0.0640 e. The molecule has 0 saturated heterocycles. The lowest BCUT2D eigenvalue weighted by atomic mass is 9.95. The number of para-hydroxylation sites is 2. The number of fused-ring (bicyclic) bond motifs is 9. The minimum atomic E-state index is 1.25. The summed E-state index contributed by atoms with van der Waals surface area (Å²) in [5, 5.41) is 7.97. The van der Waals surface area contributed by atoms with Crippen molar-refractivity contribution in [1.82, 2.24) is 4.57 Å². The van der Waals surface area contributed by atoms with E-state index in [4.69, 9.17) is 0 Å². The monoisotopic (exact) mass is 531 g/mol. The fourth-order valence-electron chi connectivity index (χ4n) is 6.41. The van der Waals surface area contributed by atoms with E-state index in [-0.39, 0.29) is 0 Å². The summed E-state index contributed by atoms with van der Waals surface area (Å²) >= 11 is 3.79. The highest BCUT2D eigenvalue weighted by atomic mass is 32.1. The zero-order valence-corrected chi connectivity index (χ0v) is 22.5. The van der Waals surface area contributed by atoms with Gasteiger partial charge in [0.05, 0.1) is 21.4 Å². The standard InChI is InChI=1S/C36H21NS2/c1-4-16-28-22(10-1)23-11-2-5-17-29(23)37(28)30-18-7-15-27-35-25(14-9-21-33(35)39-36(27)30)24-13-8-20-32-34(24)26-12-3-6-19-31(26)38-32/h1-21H. The largest absolute Gasteiger partial charge is 0.308 e. The predicted molar refractivity (Wildman–Crippen MR) is 172 cm³/mol. The fraction of sp³-hybridized carbons (Fsp3) is 0. The minimum Gasteiger partial charge on any atom is -0.308 e. The van der Waals surface area contributed by atoms with E-state index in [0.717, 1.165) is 0 Å². The molecule has 0 saturated carbocycles. The molecule has 0 aliphatic rings. The van der Waals surface area contributed by atoms with E-state index >= 15 is 0 Å². The van der Waals surface area contributed by atoms with Gasteiger partial charge in [0, 0.05) is 46.4 Å². The molecule has 0 unspecified atom stereocenters. The number of rotatable bonds is 2. The zero-order chi connectivity index (χ0) is 25.5. The highest BCUT2D eigenvalue weighted by Gasteiger charge is 2.19. The van der Waals surface area contributed by atoms with Crippen molar-refractivity contribution >= 4 is 84.8 Å². The van der Waals surface area contributed by atoms with E-state index in [1.807, 2.05) is 22.7 Å². The maximum Gasteiger partial charge on any atom is 0.0640 e. The molecule has 9 aromatic rings. The van der Waals surface area contributed by atoms with Gasteiger partial charge in [0.2, 0.25) is 0 Å². The molecule has 0 spiro atoms. The van der Waals surface area contributed by atoms with Gasteiger partial charge in [0.15, 0.2) is 0 Å². The van der Waals surface area contributed by atoms with E-state index in [0.29, 0.717) is 0 Å². The number of hydrogen-bond donors (Lipinski definition) is 0. The van der Waals surface area contributed by atoms with Gasteiger partial charge < -0.3 is 4.57 Å². The molecule has 9 rings (SSSR count). The van der Waals surface area contributed by atoms with Gasteiger partial charge in [-0.25, -0.2) is 0 Å². The van der Waals surface area contributed by atoms with Crippen LogP contribution in [-0.2, 0) is 0 Å². The van der Waals surface area contributed by atoms with Crippen LogP contribution in [0.4, 0.5) is 0 Å². The summed E-state index contributed by atoms with van der Waals surface area (Å²) < 4.78 is 7.79. The van der Waals surface area contributed by atoms with E-state index in [1.165, 1.54) is 79.0 Å². The Hall–Kier alpha value is -4.44. The van der Waals surface area contributed by atoms with Crippen LogP contribution in [0, 0.1) is 0 Å². The number of thiophene rings is 2. The van der Waals surface area contributed by atoms with Crippen molar-refractivity contribution in [2.45, 2.75) is 0 Å². The molecule has 3 heterocycles. The summed E-state index contributed by atoms with van der Waals surface area (Å²) in [6.07, 6.45) is 0. The quantitative estimate of drug-likeness (QED) is 0.209. The molecule has 3 heteroatoms. The molecule has 0 atom stereocenters. The van der Waals surface area contributed by atoms with E-state index in [1.54, 1.807) is 0 Å². The van der Waals surface area contributed by atoms with Crippen LogP contribution in [0.2, 0.25) is 0 Å². The van der Waals surface area contributed by atoms with Crippen LogP contribution in [0.15, 0.2) is 127 Å². The molecule has 39 heavy (non-hydrogen) atoms. The second kappa shape index (κ2) is 8.03. The third-order valence-corrected chi connectivity index (χ3v) is 10.3. The summed E-state index contributed by atoms with van der Waals surface area (Å²) in [5.41, 5.74) is 6.37. The lowest BCUT2D eigenvalue weighted by molar-refractivity contribution is 1.20. The first-order valence-corrected chi connectivity index (χ1v) is 14.8. The summed E-state index contributed by atoms with van der Waals surface area (Å²) in [4.78, 5) is 0. The highest BCUT2D eigenvalue weighted by molar-refractivity contribution is 7.26. The third kappa shape index (κ3) is 2.94. The second-order valence-electron chi connectivity index (χ2n) is 10.1. The Morgan fingerprint density at radius 2 is 0.897 bits per heavy atom. The Kier molecular flexibility index (Phi) is 4.43. The molecule has 0 amide bonds. The first-order chi connectivity index (χ1) is 19.4. The zero-order valence-electron chi connectivity index (χ0n) is 20.9.